The maximum absolute atomic E-state index is 15.5. The number of phenols is 1. The van der Waals surface area contributed by atoms with Gasteiger partial charge < -0.3 is 19.9 Å². The molecule has 2 N–H and O–H groups in total. The van der Waals surface area contributed by atoms with Crippen molar-refractivity contribution in [3.05, 3.63) is 95.4 Å². The average Bonchev–Trinajstić information content (AvgIpc) is 3.59. The number of nitrogens with zero attached hydrogens (tertiary/aromatic N) is 4. The predicted octanol–water partition coefficient (Wildman–Crippen LogP) is 6.35. The van der Waals surface area contributed by atoms with Crippen LogP contribution in [0.2, 0.25) is 5.02 Å². The van der Waals surface area contributed by atoms with Crippen LogP contribution < -0.4 is 5.32 Å². The molecule has 5 aromatic rings. The smallest absolute Gasteiger partial charge is 0.247 e. The molecule has 0 saturated carbocycles. The number of carbonyl (C=O) groups excluding carboxylic acids is 3. The number of amides is 2. The molecule has 2 atom stereocenters. The number of halogens is 3. The first-order chi connectivity index (χ1) is 22.0. The highest BCUT2D eigenvalue weighted by molar-refractivity contribution is 6.33. The third kappa shape index (κ3) is 5.81. The second-order valence-electron chi connectivity index (χ2n) is 11.2. The Kier molecular flexibility index (Phi) is 8.26. The highest BCUT2D eigenvalue weighted by Gasteiger charge is 2.40. The molecule has 3 aromatic carbocycles. The molecule has 0 spiro atoms. The van der Waals surface area contributed by atoms with E-state index in [1.165, 1.54) is 35.9 Å². The molecular weight excluding hydrogens is 616 g/mol. The quantitative estimate of drug-likeness (QED) is 0.200. The molecule has 1 saturated heterocycles. The van der Waals surface area contributed by atoms with Crippen molar-refractivity contribution in [3.8, 4) is 28.0 Å². The number of aromatic hydroxyl groups is 1. The monoisotopic (exact) mass is 643 g/mol. The van der Waals surface area contributed by atoms with Crippen molar-refractivity contribution >= 4 is 45.8 Å². The number of ketones is 1. The highest BCUT2D eigenvalue weighted by atomic mass is 35.5. The molecule has 2 unspecified atom stereocenters. The van der Waals surface area contributed by atoms with Gasteiger partial charge in [0.25, 0.3) is 0 Å². The van der Waals surface area contributed by atoms with Crippen molar-refractivity contribution in [1.29, 1.82) is 0 Å². The molecule has 2 amide bonds. The van der Waals surface area contributed by atoms with Crippen molar-refractivity contribution in [2.75, 3.05) is 11.9 Å². The summed E-state index contributed by atoms with van der Waals surface area (Å²) in [6.45, 7) is 2.44. The maximum Gasteiger partial charge on any atom is 0.247 e. The van der Waals surface area contributed by atoms with Gasteiger partial charge in [0.2, 0.25) is 11.8 Å². The molecule has 9 nitrogen and oxygen atoms in total. The van der Waals surface area contributed by atoms with Crippen LogP contribution in [0.25, 0.3) is 33.2 Å². The predicted molar refractivity (Wildman–Crippen MR) is 170 cm³/mol. The number of anilines is 1. The van der Waals surface area contributed by atoms with Crippen molar-refractivity contribution in [2.45, 2.75) is 39.0 Å². The summed E-state index contributed by atoms with van der Waals surface area (Å²) in [4.78, 5) is 49.0. The Morgan fingerprint density at radius 3 is 2.48 bits per heavy atom. The van der Waals surface area contributed by atoms with Gasteiger partial charge in [-0.25, -0.2) is 18.7 Å². The Bertz CT molecular complexity index is 2010. The van der Waals surface area contributed by atoms with E-state index in [-0.39, 0.29) is 42.3 Å². The largest absolute Gasteiger partial charge is 0.507 e. The summed E-state index contributed by atoms with van der Waals surface area (Å²) in [6, 6.07) is 13.0. The first kappa shape index (κ1) is 30.8. The number of Topliss-reactive ketones (excluding diaryl/α,β-unsaturated/α-hetero) is 1. The number of nitrogens with one attached hydrogen (secondary N) is 1. The standard InChI is InChI=1S/C34H28ClF2N5O4/c1-18(43)26-16-41(29-12-31(44)24(11-25(26)29)20-13-38-19(2)39-14-20)17-32(45)42-15-21(36)10-30(42)34(46)40-28-9-5-7-23(33(28)37)22-6-3-4-8-27(22)35/h3-9,11-14,16,21,30,44H,10,15,17H2,1-2H3,(H,40,46). The number of phenolic OH excluding ortho intramolecular Hbond substituents is 1. The summed E-state index contributed by atoms with van der Waals surface area (Å²) in [6.07, 6.45) is 2.87. The van der Waals surface area contributed by atoms with Crippen LogP contribution in [0.4, 0.5) is 14.5 Å². The van der Waals surface area contributed by atoms with Crippen LogP contribution in [0.5, 0.6) is 5.75 Å². The van der Waals surface area contributed by atoms with Gasteiger partial charge in [0.05, 0.1) is 17.7 Å². The molecule has 2 aromatic heterocycles. The normalized spacial score (nSPS) is 16.2. The van der Waals surface area contributed by atoms with Crippen LogP contribution in [0.3, 0.4) is 0 Å². The van der Waals surface area contributed by atoms with Crippen LogP contribution in [-0.2, 0) is 16.1 Å². The maximum atomic E-state index is 15.5. The molecule has 46 heavy (non-hydrogen) atoms. The molecule has 234 valence electrons. The van der Waals surface area contributed by atoms with Gasteiger partial charge in [-0.15, -0.1) is 0 Å². The van der Waals surface area contributed by atoms with Crippen LogP contribution in [0.15, 0.2) is 73.2 Å². The fourth-order valence-corrected chi connectivity index (χ4v) is 6.01. The lowest BCUT2D eigenvalue weighted by Crippen LogP contribution is -2.44. The molecule has 0 radical (unpaired) electrons. The van der Waals surface area contributed by atoms with E-state index >= 15 is 4.39 Å². The van der Waals surface area contributed by atoms with Gasteiger partial charge in [0.15, 0.2) is 11.6 Å². The zero-order valence-corrected chi connectivity index (χ0v) is 25.6. The molecule has 0 bridgehead atoms. The summed E-state index contributed by atoms with van der Waals surface area (Å²) >= 11 is 6.25. The fraction of sp³-hybridized carbons (Fsp3) is 0.206. The van der Waals surface area contributed by atoms with E-state index < -0.39 is 29.8 Å². The third-order valence-corrected chi connectivity index (χ3v) is 8.40. The number of likely N-dealkylation sites (tertiary alicyclic amines) is 1. The van der Waals surface area contributed by atoms with Gasteiger partial charge in [0.1, 0.15) is 30.3 Å². The molecule has 1 aliphatic heterocycles. The van der Waals surface area contributed by atoms with Crippen molar-refractivity contribution < 1.29 is 28.3 Å². The molecule has 0 aliphatic carbocycles. The SMILES string of the molecule is CC(=O)c1cn(CC(=O)N2CC(F)CC2C(=O)Nc2cccc(-c3ccccc3Cl)c2F)c2cc(O)c(-c3cnc(C)nc3)cc12. The van der Waals surface area contributed by atoms with Crippen LogP contribution in [0, 0.1) is 12.7 Å². The van der Waals surface area contributed by atoms with Crippen molar-refractivity contribution in [3.63, 3.8) is 0 Å². The number of aryl methyl sites for hydroxylation is 1. The van der Waals surface area contributed by atoms with E-state index in [1.807, 2.05) is 0 Å². The van der Waals surface area contributed by atoms with Gasteiger partial charge in [-0.1, -0.05) is 41.9 Å². The number of rotatable bonds is 7. The van der Waals surface area contributed by atoms with Gasteiger partial charge in [-0.2, -0.15) is 0 Å². The van der Waals surface area contributed by atoms with Gasteiger partial charge >= 0.3 is 0 Å². The number of alkyl halides is 1. The number of hydrogen-bond donors (Lipinski definition) is 2. The molecule has 1 aliphatic rings. The van der Waals surface area contributed by atoms with Crippen molar-refractivity contribution in [2.24, 2.45) is 0 Å². The Morgan fingerprint density at radius 1 is 1.04 bits per heavy atom. The first-order valence-electron chi connectivity index (χ1n) is 14.5. The topological polar surface area (TPSA) is 117 Å². The summed E-state index contributed by atoms with van der Waals surface area (Å²) in [5.74, 6) is -1.88. The van der Waals surface area contributed by atoms with E-state index in [1.54, 1.807) is 55.7 Å². The summed E-state index contributed by atoms with van der Waals surface area (Å²) in [5.41, 5.74) is 2.12. The van der Waals surface area contributed by atoms with E-state index in [2.05, 4.69) is 15.3 Å². The Hall–Kier alpha value is -5.16. The number of fused-ring (bicyclic) bond motifs is 1. The Balaban J connectivity index is 1.27. The number of carbonyl (C=O) groups is 3. The highest BCUT2D eigenvalue weighted by Crippen LogP contribution is 2.36. The second-order valence-corrected chi connectivity index (χ2v) is 11.6. The minimum absolute atomic E-state index is 0.120. The molecule has 6 rings (SSSR count). The van der Waals surface area contributed by atoms with Gasteiger partial charge in [-0.3, -0.25) is 14.4 Å². The Morgan fingerprint density at radius 2 is 1.76 bits per heavy atom. The minimum atomic E-state index is -1.48. The zero-order chi connectivity index (χ0) is 32.7. The summed E-state index contributed by atoms with van der Waals surface area (Å²) < 4.78 is 31.7. The minimum Gasteiger partial charge on any atom is -0.507 e. The number of benzene rings is 3. The fourth-order valence-electron chi connectivity index (χ4n) is 5.78. The second kappa shape index (κ2) is 12.3. The lowest BCUT2D eigenvalue weighted by Gasteiger charge is -2.24. The number of aromatic nitrogens is 3. The molecule has 1 fully saturated rings. The molecule has 12 heteroatoms. The van der Waals surface area contributed by atoms with Gasteiger partial charge in [0, 0.05) is 69.3 Å². The van der Waals surface area contributed by atoms with E-state index in [4.69, 9.17) is 11.6 Å². The lowest BCUT2D eigenvalue weighted by atomic mass is 10.0. The summed E-state index contributed by atoms with van der Waals surface area (Å²) in [7, 11) is 0. The van der Waals surface area contributed by atoms with E-state index in [0.717, 1.165) is 4.90 Å². The van der Waals surface area contributed by atoms with E-state index in [9.17, 15) is 23.9 Å². The Labute approximate surface area is 267 Å². The first-order valence-corrected chi connectivity index (χ1v) is 14.8. The van der Waals surface area contributed by atoms with Gasteiger partial charge in [-0.05, 0) is 32.0 Å². The van der Waals surface area contributed by atoms with Crippen LogP contribution in [0.1, 0.15) is 29.5 Å². The lowest BCUT2D eigenvalue weighted by molar-refractivity contribution is -0.137. The third-order valence-electron chi connectivity index (χ3n) is 8.07. The van der Waals surface area contributed by atoms with Crippen LogP contribution in [-0.4, -0.2) is 60.9 Å². The average molecular weight is 644 g/mol. The zero-order valence-electron chi connectivity index (χ0n) is 24.8. The molecular formula is C34H28ClF2N5O4. The van der Waals surface area contributed by atoms with Crippen molar-refractivity contribution in [1.82, 2.24) is 19.4 Å². The summed E-state index contributed by atoms with van der Waals surface area (Å²) in [5, 5.41) is 14.2. The number of hydrogen-bond acceptors (Lipinski definition) is 6. The van der Waals surface area contributed by atoms with Crippen LogP contribution >= 0.6 is 11.6 Å². The molecule has 3 heterocycles. The van der Waals surface area contributed by atoms with E-state index in [0.29, 0.717) is 44.0 Å².